The van der Waals surface area contributed by atoms with Gasteiger partial charge >= 0.3 is 6.03 Å². The molecule has 0 bridgehead atoms. The number of amides is 2. The topological polar surface area (TPSA) is 62.4 Å². The van der Waals surface area contributed by atoms with Crippen molar-refractivity contribution in [1.82, 2.24) is 16.0 Å². The molecule has 1 atom stereocenters. The molecule has 0 aromatic heterocycles. The Bertz CT molecular complexity index is 423. The van der Waals surface area contributed by atoms with Gasteiger partial charge in [-0.3, -0.25) is 0 Å². The van der Waals surface area contributed by atoms with Gasteiger partial charge in [-0.1, -0.05) is 25.1 Å². The molecule has 19 heavy (non-hydrogen) atoms. The van der Waals surface area contributed by atoms with Crippen LogP contribution >= 0.6 is 0 Å². The van der Waals surface area contributed by atoms with Crippen LogP contribution in [0, 0.1) is 0 Å². The third kappa shape index (κ3) is 3.86. The van der Waals surface area contributed by atoms with Crippen LogP contribution in [0.15, 0.2) is 24.3 Å². The number of benzene rings is 1. The Hall–Kier alpha value is -1.75. The zero-order valence-electron chi connectivity index (χ0n) is 11.2. The first-order chi connectivity index (χ1) is 9.31. The molecule has 1 heterocycles. The maximum absolute atomic E-state index is 11.6. The highest BCUT2D eigenvalue weighted by Crippen LogP contribution is 2.26. The van der Waals surface area contributed by atoms with Crippen molar-refractivity contribution in [2.24, 2.45) is 0 Å². The molecule has 1 aromatic rings. The van der Waals surface area contributed by atoms with Crippen molar-refractivity contribution < 1.29 is 9.53 Å². The molecule has 1 aliphatic rings. The lowest BCUT2D eigenvalue weighted by Crippen LogP contribution is -2.41. The van der Waals surface area contributed by atoms with Gasteiger partial charge in [0.2, 0.25) is 0 Å². The number of fused-ring (bicyclic) bond motifs is 1. The molecule has 1 unspecified atom stereocenters. The summed E-state index contributed by atoms with van der Waals surface area (Å²) in [5.74, 6) is 0.897. The molecule has 5 nitrogen and oxygen atoms in total. The van der Waals surface area contributed by atoms with Crippen molar-refractivity contribution in [3.63, 3.8) is 0 Å². The average Bonchev–Trinajstić information content (AvgIpc) is 2.65. The molecular formula is C14H21N3O2. The van der Waals surface area contributed by atoms with E-state index in [-0.39, 0.29) is 12.1 Å². The fourth-order valence-electron chi connectivity index (χ4n) is 2.08. The first kappa shape index (κ1) is 13.7. The number of para-hydroxylation sites is 1. The molecule has 0 radical (unpaired) electrons. The molecular weight excluding hydrogens is 242 g/mol. The van der Waals surface area contributed by atoms with Gasteiger partial charge in [0.1, 0.15) is 12.4 Å². The molecule has 2 rings (SSSR count). The van der Waals surface area contributed by atoms with Gasteiger partial charge in [0.25, 0.3) is 0 Å². The predicted octanol–water partition coefficient (Wildman–Crippen LogP) is 1.42. The van der Waals surface area contributed by atoms with Crippen LogP contribution in [0.2, 0.25) is 0 Å². The van der Waals surface area contributed by atoms with Crippen molar-refractivity contribution in [2.75, 3.05) is 26.2 Å². The molecule has 104 valence electrons. The van der Waals surface area contributed by atoms with E-state index in [1.54, 1.807) is 0 Å². The van der Waals surface area contributed by atoms with Crippen LogP contribution in [-0.4, -0.2) is 32.3 Å². The average molecular weight is 263 g/mol. The molecule has 5 heteroatoms. The largest absolute Gasteiger partial charge is 0.492 e. The number of carbonyl (C=O) groups is 1. The predicted molar refractivity (Wildman–Crippen MR) is 74.4 cm³/mol. The maximum atomic E-state index is 11.6. The third-order valence-corrected chi connectivity index (χ3v) is 3.05. The minimum atomic E-state index is -0.119. The Morgan fingerprint density at radius 2 is 2.26 bits per heavy atom. The van der Waals surface area contributed by atoms with Crippen LogP contribution in [-0.2, 0) is 0 Å². The SMILES string of the molecule is CCCNC(=O)NCC1NCCOc2ccccc21. The van der Waals surface area contributed by atoms with E-state index in [9.17, 15) is 4.79 Å². The standard InChI is InChI=1S/C14H21N3O2/c1-2-7-16-14(18)17-10-12-11-5-3-4-6-13(11)19-9-8-15-12/h3-6,12,15H,2,7-10H2,1H3,(H2,16,17,18). The van der Waals surface area contributed by atoms with E-state index in [1.165, 1.54) is 0 Å². The summed E-state index contributed by atoms with van der Waals surface area (Å²) in [7, 11) is 0. The smallest absolute Gasteiger partial charge is 0.314 e. The van der Waals surface area contributed by atoms with E-state index in [2.05, 4.69) is 16.0 Å². The lowest BCUT2D eigenvalue weighted by atomic mass is 10.1. The van der Waals surface area contributed by atoms with Crippen molar-refractivity contribution >= 4 is 6.03 Å². The third-order valence-electron chi connectivity index (χ3n) is 3.05. The molecule has 1 aliphatic heterocycles. The summed E-state index contributed by atoms with van der Waals surface area (Å²) in [6.07, 6.45) is 0.936. The zero-order chi connectivity index (χ0) is 13.5. The molecule has 0 aliphatic carbocycles. The Labute approximate surface area is 113 Å². The number of hydrogen-bond donors (Lipinski definition) is 3. The van der Waals surface area contributed by atoms with E-state index >= 15 is 0 Å². The highest BCUT2D eigenvalue weighted by atomic mass is 16.5. The van der Waals surface area contributed by atoms with E-state index in [0.29, 0.717) is 19.7 Å². The van der Waals surface area contributed by atoms with E-state index in [1.807, 2.05) is 31.2 Å². The van der Waals surface area contributed by atoms with Crippen LogP contribution in [0.25, 0.3) is 0 Å². The number of rotatable bonds is 4. The first-order valence-electron chi connectivity index (χ1n) is 6.78. The van der Waals surface area contributed by atoms with Crippen LogP contribution in [0.4, 0.5) is 4.79 Å². The van der Waals surface area contributed by atoms with Crippen molar-refractivity contribution in [1.29, 1.82) is 0 Å². The Balaban J connectivity index is 1.94. The normalized spacial score (nSPS) is 17.8. The summed E-state index contributed by atoms with van der Waals surface area (Å²) < 4.78 is 5.66. The van der Waals surface area contributed by atoms with E-state index < -0.39 is 0 Å². The van der Waals surface area contributed by atoms with E-state index in [0.717, 1.165) is 24.3 Å². The molecule has 1 aromatic carbocycles. The van der Waals surface area contributed by atoms with Gasteiger partial charge in [-0.15, -0.1) is 0 Å². The highest BCUT2D eigenvalue weighted by Gasteiger charge is 2.19. The van der Waals surface area contributed by atoms with Gasteiger partial charge in [-0.2, -0.15) is 0 Å². The second kappa shape index (κ2) is 6.99. The lowest BCUT2D eigenvalue weighted by molar-refractivity contribution is 0.239. The van der Waals surface area contributed by atoms with Crippen molar-refractivity contribution in [3.05, 3.63) is 29.8 Å². The Morgan fingerprint density at radius 1 is 1.42 bits per heavy atom. The number of ether oxygens (including phenoxy) is 1. The van der Waals surface area contributed by atoms with Gasteiger partial charge in [-0.25, -0.2) is 4.79 Å². The summed E-state index contributed by atoms with van der Waals surface area (Å²) >= 11 is 0. The minimum Gasteiger partial charge on any atom is -0.492 e. The van der Waals surface area contributed by atoms with Gasteiger partial charge in [-0.05, 0) is 12.5 Å². The van der Waals surface area contributed by atoms with Gasteiger partial charge in [0.05, 0.1) is 6.04 Å². The number of carbonyl (C=O) groups excluding carboxylic acids is 1. The Kier molecular flexibility index (Phi) is 5.03. The summed E-state index contributed by atoms with van der Waals surface area (Å²) in [6, 6.07) is 7.91. The molecule has 0 spiro atoms. The van der Waals surface area contributed by atoms with Gasteiger partial charge in [0, 0.05) is 25.2 Å². The summed E-state index contributed by atoms with van der Waals surface area (Å²) in [5.41, 5.74) is 1.09. The lowest BCUT2D eigenvalue weighted by Gasteiger charge is -2.18. The minimum absolute atomic E-state index is 0.0890. The number of nitrogens with one attached hydrogen (secondary N) is 3. The number of hydrogen-bond acceptors (Lipinski definition) is 3. The van der Waals surface area contributed by atoms with Crippen LogP contribution in [0.3, 0.4) is 0 Å². The van der Waals surface area contributed by atoms with Crippen LogP contribution in [0.5, 0.6) is 5.75 Å². The fraction of sp³-hybridized carbons (Fsp3) is 0.500. The quantitative estimate of drug-likeness (QED) is 0.770. The van der Waals surface area contributed by atoms with Crippen molar-refractivity contribution in [3.8, 4) is 5.75 Å². The fourth-order valence-corrected chi connectivity index (χ4v) is 2.08. The second-order valence-corrected chi connectivity index (χ2v) is 4.53. The molecule has 3 N–H and O–H groups in total. The van der Waals surface area contributed by atoms with Crippen LogP contribution < -0.4 is 20.7 Å². The van der Waals surface area contributed by atoms with Gasteiger partial charge < -0.3 is 20.7 Å². The monoisotopic (exact) mass is 263 g/mol. The van der Waals surface area contributed by atoms with Crippen LogP contribution in [0.1, 0.15) is 24.9 Å². The summed E-state index contributed by atoms with van der Waals surface area (Å²) in [4.78, 5) is 11.6. The molecule has 0 fully saturated rings. The Morgan fingerprint density at radius 3 is 3.11 bits per heavy atom. The summed E-state index contributed by atoms with van der Waals surface area (Å²) in [6.45, 7) is 4.70. The van der Waals surface area contributed by atoms with Crippen molar-refractivity contribution in [2.45, 2.75) is 19.4 Å². The summed E-state index contributed by atoms with van der Waals surface area (Å²) in [5, 5.41) is 9.07. The zero-order valence-corrected chi connectivity index (χ0v) is 11.2. The molecule has 0 saturated heterocycles. The van der Waals surface area contributed by atoms with E-state index in [4.69, 9.17) is 4.74 Å². The first-order valence-corrected chi connectivity index (χ1v) is 6.78. The molecule has 0 saturated carbocycles. The molecule has 2 amide bonds. The number of urea groups is 1. The highest BCUT2D eigenvalue weighted by molar-refractivity contribution is 5.73. The second-order valence-electron chi connectivity index (χ2n) is 4.53. The van der Waals surface area contributed by atoms with Gasteiger partial charge in [0.15, 0.2) is 0 Å². The maximum Gasteiger partial charge on any atom is 0.314 e.